The lowest BCUT2D eigenvalue weighted by Gasteiger charge is -2.12. The molecule has 0 aliphatic heterocycles. The first-order chi connectivity index (χ1) is 15.0. The molecule has 3 rings (SSSR count). The Morgan fingerprint density at radius 1 is 1.31 bits per heavy atom. The van der Waals surface area contributed by atoms with Gasteiger partial charge >= 0.3 is 6.18 Å². The normalized spacial score (nSPS) is 13.0. The van der Waals surface area contributed by atoms with Gasteiger partial charge in [-0.15, -0.1) is 0 Å². The standard InChI is InChI=1S/C21H24F3N7O/c1-5-31-14-8-18(28-17(25)9-16(26-4)21(22,23)24)27-10-13(14)20(30-31)29-19-11(2)6-7-15(32)12(19)3/h6-10,26,32H,5H2,1-4H3,(H,29,30)(H2,25,27,28)/b16-9-. The van der Waals surface area contributed by atoms with Crippen LogP contribution in [0.5, 0.6) is 5.75 Å². The van der Waals surface area contributed by atoms with E-state index in [1.54, 1.807) is 29.8 Å². The van der Waals surface area contributed by atoms with Crippen molar-refractivity contribution in [1.29, 1.82) is 0 Å². The summed E-state index contributed by atoms with van der Waals surface area (Å²) in [6.45, 7) is 6.15. The van der Waals surface area contributed by atoms with E-state index in [-0.39, 0.29) is 17.4 Å². The van der Waals surface area contributed by atoms with Crippen molar-refractivity contribution in [3.8, 4) is 5.75 Å². The molecule has 0 atom stereocenters. The number of nitrogens with one attached hydrogen (secondary N) is 2. The van der Waals surface area contributed by atoms with Crippen LogP contribution < -0.4 is 16.4 Å². The number of hydrogen-bond donors (Lipinski definition) is 4. The zero-order valence-corrected chi connectivity index (χ0v) is 18.0. The summed E-state index contributed by atoms with van der Waals surface area (Å²) in [5.74, 6) is 0.500. The minimum atomic E-state index is -4.57. The number of pyridine rings is 1. The third-order valence-corrected chi connectivity index (χ3v) is 4.92. The fraction of sp³-hybridized carbons (Fsp3) is 0.286. The van der Waals surface area contributed by atoms with Crippen LogP contribution in [-0.2, 0) is 6.54 Å². The zero-order valence-electron chi connectivity index (χ0n) is 18.0. The van der Waals surface area contributed by atoms with Gasteiger partial charge in [0.2, 0.25) is 0 Å². The number of aromatic hydroxyl groups is 1. The van der Waals surface area contributed by atoms with Crippen LogP contribution in [-0.4, -0.2) is 38.9 Å². The number of amidine groups is 1. The second-order valence-electron chi connectivity index (χ2n) is 7.09. The van der Waals surface area contributed by atoms with Crippen LogP contribution in [0.2, 0.25) is 0 Å². The number of benzene rings is 1. The van der Waals surface area contributed by atoms with E-state index in [0.29, 0.717) is 34.9 Å². The van der Waals surface area contributed by atoms with E-state index in [1.807, 2.05) is 13.8 Å². The molecule has 2 heterocycles. The predicted molar refractivity (Wildman–Crippen MR) is 119 cm³/mol. The van der Waals surface area contributed by atoms with Crippen LogP contribution in [0.4, 0.5) is 30.5 Å². The number of nitrogens with two attached hydrogens (primary N) is 1. The second-order valence-corrected chi connectivity index (χ2v) is 7.09. The Morgan fingerprint density at radius 3 is 2.66 bits per heavy atom. The lowest BCUT2D eigenvalue weighted by molar-refractivity contribution is -0.0958. The molecule has 0 amide bonds. The molecule has 0 aliphatic rings. The number of aromatic nitrogens is 3. The number of halogens is 3. The maximum absolute atomic E-state index is 12.9. The fourth-order valence-electron chi connectivity index (χ4n) is 3.21. The van der Waals surface area contributed by atoms with Crippen LogP contribution in [0.15, 0.2) is 41.2 Å². The molecule has 0 aliphatic carbocycles. The number of fused-ring (bicyclic) bond motifs is 1. The van der Waals surface area contributed by atoms with Gasteiger partial charge in [-0.2, -0.15) is 18.3 Å². The smallest absolute Gasteiger partial charge is 0.431 e. The van der Waals surface area contributed by atoms with Gasteiger partial charge in [-0.1, -0.05) is 6.07 Å². The Labute approximate surface area is 182 Å². The maximum Gasteiger partial charge on any atom is 0.431 e. The summed E-state index contributed by atoms with van der Waals surface area (Å²) in [6, 6.07) is 5.03. The van der Waals surface area contributed by atoms with Crippen LogP contribution >= 0.6 is 0 Å². The van der Waals surface area contributed by atoms with E-state index in [9.17, 15) is 18.3 Å². The Bertz CT molecular complexity index is 1210. The molecule has 2 aromatic heterocycles. The van der Waals surface area contributed by atoms with Crippen molar-refractivity contribution in [2.75, 3.05) is 12.4 Å². The van der Waals surface area contributed by atoms with Gasteiger partial charge in [0.05, 0.1) is 10.9 Å². The van der Waals surface area contributed by atoms with Crippen molar-refractivity contribution in [1.82, 2.24) is 20.1 Å². The number of nitrogens with zero attached hydrogens (tertiary/aromatic N) is 4. The highest BCUT2D eigenvalue weighted by Gasteiger charge is 2.33. The number of aliphatic imine (C=N–C) groups is 1. The lowest BCUT2D eigenvalue weighted by atomic mass is 10.1. The largest absolute Gasteiger partial charge is 0.508 e. The number of phenolic OH excluding ortho intramolecular Hbond substituents is 1. The molecule has 0 radical (unpaired) electrons. The number of allylic oxidation sites excluding steroid dienone is 1. The van der Waals surface area contributed by atoms with E-state index >= 15 is 0 Å². The maximum atomic E-state index is 12.9. The second kappa shape index (κ2) is 8.77. The predicted octanol–water partition coefficient (Wildman–Crippen LogP) is 4.17. The van der Waals surface area contributed by atoms with Gasteiger partial charge < -0.3 is 21.5 Å². The molecule has 0 saturated carbocycles. The molecule has 3 aromatic rings. The average molecular weight is 447 g/mol. The molecular formula is C21H24F3N7O. The first-order valence-electron chi connectivity index (χ1n) is 9.78. The molecule has 0 saturated heterocycles. The van der Waals surface area contributed by atoms with Gasteiger partial charge in [-0.05, 0) is 32.4 Å². The summed E-state index contributed by atoms with van der Waals surface area (Å²) >= 11 is 0. The van der Waals surface area contributed by atoms with Crippen molar-refractivity contribution >= 4 is 34.1 Å². The molecule has 1 aromatic carbocycles. The van der Waals surface area contributed by atoms with E-state index in [1.165, 1.54) is 6.20 Å². The Hall–Kier alpha value is -3.76. The highest BCUT2D eigenvalue weighted by atomic mass is 19.4. The van der Waals surface area contributed by atoms with E-state index < -0.39 is 11.9 Å². The summed E-state index contributed by atoms with van der Waals surface area (Å²) in [5, 5.41) is 20.6. The summed E-state index contributed by atoms with van der Waals surface area (Å²) < 4.78 is 40.4. The Balaban J connectivity index is 2.02. The summed E-state index contributed by atoms with van der Waals surface area (Å²) in [6.07, 6.45) is -2.33. The topological polar surface area (TPSA) is 113 Å². The third-order valence-electron chi connectivity index (χ3n) is 4.92. The summed E-state index contributed by atoms with van der Waals surface area (Å²) in [4.78, 5) is 8.20. The van der Waals surface area contributed by atoms with Crippen LogP contribution in [0.1, 0.15) is 18.1 Å². The number of aryl methyl sites for hydroxylation is 2. The first-order valence-corrected chi connectivity index (χ1v) is 9.78. The number of hydrogen-bond acceptors (Lipinski definition) is 6. The minimum Gasteiger partial charge on any atom is -0.508 e. The molecular weight excluding hydrogens is 423 g/mol. The number of rotatable bonds is 6. The number of anilines is 2. The number of alkyl halides is 3. The van der Waals surface area contributed by atoms with E-state index in [4.69, 9.17) is 5.73 Å². The first kappa shape index (κ1) is 22.9. The molecule has 11 heteroatoms. The highest BCUT2D eigenvalue weighted by molar-refractivity contribution is 5.96. The molecule has 0 fully saturated rings. The van der Waals surface area contributed by atoms with Gasteiger partial charge in [-0.25, -0.2) is 9.98 Å². The van der Waals surface area contributed by atoms with Crippen molar-refractivity contribution in [3.63, 3.8) is 0 Å². The molecule has 8 nitrogen and oxygen atoms in total. The quantitative estimate of drug-likeness (QED) is 0.333. The van der Waals surface area contributed by atoms with Crippen molar-refractivity contribution in [2.45, 2.75) is 33.5 Å². The SMILES string of the molecule is CCn1nc(Nc2c(C)ccc(O)c2C)c2cnc(N=C(N)/C=C(\NC)C(F)(F)F)cc21. The van der Waals surface area contributed by atoms with Crippen molar-refractivity contribution < 1.29 is 18.3 Å². The van der Waals surface area contributed by atoms with Gasteiger partial charge in [0.15, 0.2) is 11.6 Å². The number of phenols is 1. The third kappa shape index (κ3) is 4.61. The van der Waals surface area contributed by atoms with Gasteiger partial charge in [0.1, 0.15) is 17.3 Å². The average Bonchev–Trinajstić information content (AvgIpc) is 3.08. The van der Waals surface area contributed by atoms with E-state index in [2.05, 4.69) is 25.7 Å². The van der Waals surface area contributed by atoms with Crippen LogP contribution in [0.25, 0.3) is 10.9 Å². The Kier molecular flexibility index (Phi) is 6.28. The lowest BCUT2D eigenvalue weighted by Crippen LogP contribution is -2.25. The van der Waals surface area contributed by atoms with Crippen LogP contribution in [0, 0.1) is 13.8 Å². The molecule has 0 spiro atoms. The Morgan fingerprint density at radius 2 is 2.03 bits per heavy atom. The zero-order chi connectivity index (χ0) is 23.6. The van der Waals surface area contributed by atoms with Gasteiger partial charge in [0, 0.05) is 43.2 Å². The van der Waals surface area contributed by atoms with E-state index in [0.717, 1.165) is 18.3 Å². The van der Waals surface area contributed by atoms with Gasteiger partial charge in [-0.3, -0.25) is 4.68 Å². The fourth-order valence-corrected chi connectivity index (χ4v) is 3.21. The van der Waals surface area contributed by atoms with Crippen LogP contribution in [0.3, 0.4) is 0 Å². The highest BCUT2D eigenvalue weighted by Crippen LogP contribution is 2.33. The summed E-state index contributed by atoms with van der Waals surface area (Å²) in [7, 11) is 1.15. The minimum absolute atomic E-state index is 0.148. The van der Waals surface area contributed by atoms with Crippen molar-refractivity contribution in [3.05, 3.63) is 47.3 Å². The monoisotopic (exact) mass is 447 g/mol. The van der Waals surface area contributed by atoms with Gasteiger partial charge in [0.25, 0.3) is 0 Å². The molecule has 32 heavy (non-hydrogen) atoms. The molecule has 5 N–H and O–H groups in total. The molecule has 0 unspecified atom stereocenters. The summed E-state index contributed by atoms with van der Waals surface area (Å²) in [5.41, 5.74) is 7.70. The van der Waals surface area contributed by atoms with Crippen molar-refractivity contribution in [2.24, 2.45) is 10.7 Å². The molecule has 0 bridgehead atoms. The molecule has 170 valence electrons.